The molecule has 0 fully saturated rings. The first-order valence-electron chi connectivity index (χ1n) is 6.20. The number of para-hydroxylation sites is 2. The summed E-state index contributed by atoms with van der Waals surface area (Å²) in [6.45, 7) is 2.07. The van der Waals surface area contributed by atoms with Crippen molar-refractivity contribution in [2.75, 3.05) is 0 Å². The van der Waals surface area contributed by atoms with Gasteiger partial charge < -0.3 is 9.38 Å². The maximum Gasteiger partial charge on any atom is 0.158 e. The lowest BCUT2D eigenvalue weighted by Crippen LogP contribution is -1.81. The molecule has 92 valence electrons. The summed E-state index contributed by atoms with van der Waals surface area (Å²) >= 11 is 0. The summed E-state index contributed by atoms with van der Waals surface area (Å²) in [5.41, 5.74) is 5.00. The number of aromatic amines is 1. The first kappa shape index (κ1) is 10.3. The highest BCUT2D eigenvalue weighted by Crippen LogP contribution is 2.20. The molecule has 0 saturated heterocycles. The highest BCUT2D eigenvalue weighted by Gasteiger charge is 2.08. The number of aryl methyl sites for hydroxylation is 1. The molecule has 4 aromatic rings. The molecule has 0 amide bonds. The van der Waals surface area contributed by atoms with Crippen molar-refractivity contribution < 1.29 is 0 Å². The van der Waals surface area contributed by atoms with Crippen LogP contribution in [-0.4, -0.2) is 19.4 Å². The van der Waals surface area contributed by atoms with Crippen LogP contribution in [0.5, 0.6) is 0 Å². The second-order valence-electron chi connectivity index (χ2n) is 4.70. The Balaban J connectivity index is 1.93. The summed E-state index contributed by atoms with van der Waals surface area (Å²) in [5.74, 6) is 0.808. The molecule has 1 N–H and O–H groups in total. The van der Waals surface area contributed by atoms with E-state index in [2.05, 4.69) is 34.0 Å². The van der Waals surface area contributed by atoms with Gasteiger partial charge in [-0.1, -0.05) is 12.1 Å². The second-order valence-corrected chi connectivity index (χ2v) is 4.70. The molecule has 0 radical (unpaired) electrons. The maximum atomic E-state index is 4.61. The van der Waals surface area contributed by atoms with E-state index in [1.54, 1.807) is 0 Å². The number of pyridine rings is 1. The molecule has 0 aliphatic heterocycles. The molecular weight excluding hydrogens is 236 g/mol. The third kappa shape index (κ3) is 1.61. The maximum absolute atomic E-state index is 4.61. The van der Waals surface area contributed by atoms with Gasteiger partial charge in [0.1, 0.15) is 11.3 Å². The molecule has 0 aliphatic rings. The Morgan fingerprint density at radius 2 is 2.00 bits per heavy atom. The van der Waals surface area contributed by atoms with Crippen LogP contribution in [0.3, 0.4) is 0 Å². The lowest BCUT2D eigenvalue weighted by atomic mass is 10.3. The number of hydrogen-bond donors (Lipinski definition) is 1. The molecule has 4 nitrogen and oxygen atoms in total. The zero-order valence-electron chi connectivity index (χ0n) is 10.5. The lowest BCUT2D eigenvalue weighted by Gasteiger charge is -1.92. The van der Waals surface area contributed by atoms with E-state index in [1.165, 1.54) is 5.56 Å². The molecule has 3 heterocycles. The van der Waals surface area contributed by atoms with Crippen molar-refractivity contribution in [3.05, 3.63) is 54.4 Å². The number of rotatable bonds is 1. The Labute approximate surface area is 109 Å². The Kier molecular flexibility index (Phi) is 2.00. The molecule has 1 aromatic carbocycles. The largest absolute Gasteiger partial charge is 0.337 e. The van der Waals surface area contributed by atoms with Crippen molar-refractivity contribution in [2.24, 2.45) is 0 Å². The van der Waals surface area contributed by atoms with Gasteiger partial charge in [0, 0.05) is 12.4 Å². The van der Waals surface area contributed by atoms with E-state index in [-0.39, 0.29) is 0 Å². The van der Waals surface area contributed by atoms with Gasteiger partial charge in [-0.25, -0.2) is 9.97 Å². The van der Waals surface area contributed by atoms with Gasteiger partial charge >= 0.3 is 0 Å². The molecule has 0 saturated carbocycles. The van der Waals surface area contributed by atoms with Crippen molar-refractivity contribution in [1.82, 2.24) is 19.4 Å². The molecule has 19 heavy (non-hydrogen) atoms. The predicted octanol–water partition coefficient (Wildman–Crippen LogP) is 3.19. The first-order valence-corrected chi connectivity index (χ1v) is 6.20. The van der Waals surface area contributed by atoms with Gasteiger partial charge in [-0.15, -0.1) is 0 Å². The Morgan fingerprint density at radius 3 is 2.89 bits per heavy atom. The van der Waals surface area contributed by atoms with Crippen molar-refractivity contribution in [3.63, 3.8) is 0 Å². The van der Waals surface area contributed by atoms with E-state index < -0.39 is 0 Å². The molecule has 0 bridgehead atoms. The molecule has 4 heteroatoms. The molecule has 4 rings (SSSR count). The van der Waals surface area contributed by atoms with Crippen LogP contribution in [0.25, 0.3) is 28.2 Å². The average molecular weight is 248 g/mol. The fourth-order valence-corrected chi connectivity index (χ4v) is 2.27. The van der Waals surface area contributed by atoms with E-state index in [0.717, 1.165) is 28.2 Å². The van der Waals surface area contributed by atoms with Gasteiger partial charge in [0.05, 0.1) is 11.0 Å². The third-order valence-corrected chi connectivity index (χ3v) is 3.25. The van der Waals surface area contributed by atoms with Crippen molar-refractivity contribution in [2.45, 2.75) is 6.92 Å². The lowest BCUT2D eigenvalue weighted by molar-refractivity contribution is 1.17. The van der Waals surface area contributed by atoms with Gasteiger partial charge in [0.25, 0.3) is 0 Å². The summed E-state index contributed by atoms with van der Waals surface area (Å²) in [6, 6.07) is 12.1. The van der Waals surface area contributed by atoms with Gasteiger partial charge in [0.2, 0.25) is 0 Å². The fraction of sp³-hybridized carbons (Fsp3) is 0.0667. The number of fused-ring (bicyclic) bond motifs is 2. The van der Waals surface area contributed by atoms with Crippen molar-refractivity contribution in [1.29, 1.82) is 0 Å². The minimum absolute atomic E-state index is 0.808. The number of aromatic nitrogens is 4. The van der Waals surface area contributed by atoms with Gasteiger partial charge in [0.15, 0.2) is 5.82 Å². The summed E-state index contributed by atoms with van der Waals surface area (Å²) in [5, 5.41) is 0. The fourth-order valence-electron chi connectivity index (χ4n) is 2.27. The number of nitrogens with zero attached hydrogens (tertiary/aromatic N) is 3. The number of imidazole rings is 2. The SMILES string of the molecule is Cc1ccn2cc(-c3nc4ccccc4[nH]3)nc2c1. The van der Waals surface area contributed by atoms with E-state index in [4.69, 9.17) is 0 Å². The van der Waals surface area contributed by atoms with E-state index in [9.17, 15) is 0 Å². The molecule has 0 atom stereocenters. The topological polar surface area (TPSA) is 46.0 Å². The van der Waals surface area contributed by atoms with E-state index >= 15 is 0 Å². The zero-order chi connectivity index (χ0) is 12.8. The molecule has 0 aliphatic carbocycles. The number of benzene rings is 1. The minimum atomic E-state index is 0.808. The second kappa shape index (κ2) is 3.68. The van der Waals surface area contributed by atoms with Crippen LogP contribution >= 0.6 is 0 Å². The van der Waals surface area contributed by atoms with Crippen LogP contribution in [0.15, 0.2) is 48.8 Å². The van der Waals surface area contributed by atoms with Crippen LogP contribution in [-0.2, 0) is 0 Å². The molecule has 3 aromatic heterocycles. The van der Waals surface area contributed by atoms with Crippen LogP contribution < -0.4 is 0 Å². The molecular formula is C15H12N4. The highest BCUT2D eigenvalue weighted by molar-refractivity contribution is 5.78. The molecule has 0 unspecified atom stereocenters. The van der Waals surface area contributed by atoms with Gasteiger partial charge in [-0.3, -0.25) is 0 Å². The zero-order valence-corrected chi connectivity index (χ0v) is 10.5. The van der Waals surface area contributed by atoms with Gasteiger partial charge in [-0.2, -0.15) is 0 Å². The average Bonchev–Trinajstić information content (AvgIpc) is 3.00. The first-order chi connectivity index (χ1) is 9.29. The Morgan fingerprint density at radius 1 is 1.11 bits per heavy atom. The van der Waals surface area contributed by atoms with Crippen LogP contribution in [0.1, 0.15) is 5.56 Å². The van der Waals surface area contributed by atoms with Crippen LogP contribution in [0.4, 0.5) is 0 Å². The number of hydrogen-bond acceptors (Lipinski definition) is 2. The summed E-state index contributed by atoms with van der Waals surface area (Å²) in [4.78, 5) is 12.5. The summed E-state index contributed by atoms with van der Waals surface area (Å²) in [7, 11) is 0. The van der Waals surface area contributed by atoms with Gasteiger partial charge in [-0.05, 0) is 36.8 Å². The minimum Gasteiger partial charge on any atom is -0.337 e. The van der Waals surface area contributed by atoms with Crippen LogP contribution in [0, 0.1) is 6.92 Å². The summed E-state index contributed by atoms with van der Waals surface area (Å²) in [6.07, 6.45) is 4.01. The monoisotopic (exact) mass is 248 g/mol. The quantitative estimate of drug-likeness (QED) is 0.562. The van der Waals surface area contributed by atoms with E-state index in [1.807, 2.05) is 41.1 Å². The highest BCUT2D eigenvalue weighted by atomic mass is 15.0. The number of nitrogens with one attached hydrogen (secondary N) is 1. The smallest absolute Gasteiger partial charge is 0.158 e. The third-order valence-electron chi connectivity index (χ3n) is 3.25. The normalized spacial score (nSPS) is 11.4. The predicted molar refractivity (Wildman–Crippen MR) is 75.0 cm³/mol. The van der Waals surface area contributed by atoms with Crippen molar-refractivity contribution in [3.8, 4) is 11.5 Å². The Hall–Kier alpha value is -2.62. The van der Waals surface area contributed by atoms with Crippen LogP contribution in [0.2, 0.25) is 0 Å². The summed E-state index contributed by atoms with van der Waals surface area (Å²) < 4.78 is 2.01. The molecule has 0 spiro atoms. The number of H-pyrrole nitrogens is 1. The Bertz CT molecular complexity index is 852. The standard InChI is InChI=1S/C15H12N4/c1-10-6-7-19-9-13(16-14(19)8-10)15-17-11-4-2-3-5-12(11)18-15/h2-9H,1H3,(H,17,18). The van der Waals surface area contributed by atoms with E-state index in [0.29, 0.717) is 0 Å². The van der Waals surface area contributed by atoms with Crippen molar-refractivity contribution >= 4 is 16.7 Å².